The predicted octanol–water partition coefficient (Wildman–Crippen LogP) is 5.75. The van der Waals surface area contributed by atoms with Crippen molar-refractivity contribution in [3.63, 3.8) is 0 Å². The summed E-state index contributed by atoms with van der Waals surface area (Å²) in [4.78, 5) is 31.8. The van der Waals surface area contributed by atoms with Gasteiger partial charge in [-0.3, -0.25) is 0 Å². The fourth-order valence-corrected chi connectivity index (χ4v) is 3.74. The van der Waals surface area contributed by atoms with Gasteiger partial charge in [0.25, 0.3) is 0 Å². The molecule has 0 bridgehead atoms. The molecule has 217 valence electrons. The van der Waals surface area contributed by atoms with Gasteiger partial charge < -0.3 is 18.9 Å². The van der Waals surface area contributed by atoms with Gasteiger partial charge in [0.1, 0.15) is 4.60 Å². The summed E-state index contributed by atoms with van der Waals surface area (Å²) in [6, 6.07) is 7.47. The molecule has 39 heavy (non-hydrogen) atoms. The molecule has 1 radical (unpaired) electrons. The van der Waals surface area contributed by atoms with E-state index >= 15 is 0 Å². The first-order chi connectivity index (χ1) is 18.2. The summed E-state index contributed by atoms with van der Waals surface area (Å²) in [6.45, 7) is 9.74. The minimum atomic E-state index is -0.376. The van der Waals surface area contributed by atoms with Crippen LogP contribution in [-0.2, 0) is 31.8 Å². The molecule has 9 nitrogen and oxygen atoms in total. The van der Waals surface area contributed by atoms with Crippen LogP contribution in [0.4, 0.5) is 0 Å². The van der Waals surface area contributed by atoms with Crippen molar-refractivity contribution >= 4 is 48.3 Å². The summed E-state index contributed by atoms with van der Waals surface area (Å²) < 4.78 is 23.5. The van der Waals surface area contributed by atoms with Crippen molar-refractivity contribution in [2.75, 3.05) is 40.6 Å². The van der Waals surface area contributed by atoms with Crippen LogP contribution < -0.4 is 0 Å². The van der Waals surface area contributed by atoms with Gasteiger partial charge in [0, 0.05) is 33.6 Å². The number of carbonyl (C=O) groups excluding carboxylic acids is 2. The van der Waals surface area contributed by atoms with Crippen molar-refractivity contribution < 1.29 is 28.5 Å². The van der Waals surface area contributed by atoms with Crippen LogP contribution in [0.25, 0.3) is 0 Å². The first-order valence-corrected chi connectivity index (χ1v) is 13.3. The average molecular weight is 627 g/mol. The van der Waals surface area contributed by atoms with Crippen molar-refractivity contribution in [3.05, 3.63) is 57.6 Å². The van der Waals surface area contributed by atoms with E-state index in [1.807, 2.05) is 24.3 Å². The van der Waals surface area contributed by atoms with E-state index < -0.39 is 0 Å². The van der Waals surface area contributed by atoms with Crippen molar-refractivity contribution in [3.8, 4) is 0 Å². The van der Waals surface area contributed by atoms with Gasteiger partial charge in [-0.15, -0.1) is 0 Å². The fraction of sp³-hybridized carbons (Fsp3) is 0.556. The third kappa shape index (κ3) is 16.5. The van der Waals surface area contributed by atoms with E-state index in [0.717, 1.165) is 24.0 Å². The molecule has 0 fully saturated rings. The molecule has 0 amide bonds. The summed E-state index contributed by atoms with van der Waals surface area (Å²) in [5.41, 5.74) is 2.60. The van der Waals surface area contributed by atoms with Crippen LogP contribution in [0.5, 0.6) is 0 Å². The van der Waals surface area contributed by atoms with Crippen LogP contribution in [0.2, 0.25) is 0 Å². The second kappa shape index (κ2) is 23.7. The molecule has 0 N–H and O–H groups in total. The zero-order valence-corrected chi connectivity index (χ0v) is 25.5. The van der Waals surface area contributed by atoms with Gasteiger partial charge >= 0.3 is 36.7 Å². The number of hydrogen-bond acceptors (Lipinski definition) is 10. The molecule has 0 saturated heterocycles. The van der Waals surface area contributed by atoms with Crippen LogP contribution in [0.15, 0.2) is 39.4 Å². The molecule has 2 rings (SSSR count). The number of ether oxygens (including phenoxy) is 4. The Hall–Kier alpha value is -2.15. The first kappa shape index (κ1) is 39.0. The standard InChI is InChI=1S/C13H18BrNO3.C13H19NO3.CH4.BHNS/c1-4-18-13(16)12-10(5-6-11(14)15-12)7-9(2)8-17-3;1-4-17-13(15)12-11(6-5-7-14-12)8-10(2)9-16-3;;1-2-3/h5-6,9H,4,7-8H2,1-3H3;5-7,10H,4,8-9H2,1-3H3;1H4;3H. The summed E-state index contributed by atoms with van der Waals surface area (Å²) in [5, 5.41) is 0. The molecule has 2 atom stereocenters. The van der Waals surface area contributed by atoms with Gasteiger partial charge in [0.2, 0.25) is 0 Å². The van der Waals surface area contributed by atoms with Gasteiger partial charge in [-0.25, -0.2) is 19.6 Å². The zero-order valence-electron chi connectivity index (χ0n) is 23.0. The summed E-state index contributed by atoms with van der Waals surface area (Å²) in [6.07, 6.45) is 3.11. The molecule has 2 heterocycles. The Bertz CT molecular complexity index is 986. The van der Waals surface area contributed by atoms with Crippen LogP contribution in [0, 0.1) is 11.8 Å². The SMILES string of the molecule is C.CCOC(=O)c1nc(Br)ccc1CC(C)COC.CCOC(=O)c1ncccc1CC(C)COC.[B]=NS. The van der Waals surface area contributed by atoms with Gasteiger partial charge in [-0.1, -0.05) is 33.4 Å². The van der Waals surface area contributed by atoms with Crippen LogP contribution in [0.3, 0.4) is 0 Å². The third-order valence-electron chi connectivity index (χ3n) is 4.81. The van der Waals surface area contributed by atoms with Gasteiger partial charge in [0.15, 0.2) is 11.4 Å². The van der Waals surface area contributed by atoms with E-state index in [1.165, 1.54) is 0 Å². The van der Waals surface area contributed by atoms with E-state index in [9.17, 15) is 9.59 Å². The number of rotatable bonds is 12. The molecule has 12 heteroatoms. The summed E-state index contributed by atoms with van der Waals surface area (Å²) in [7, 11) is 7.68. The molecule has 0 saturated carbocycles. The second-order valence-corrected chi connectivity index (χ2v) is 9.28. The Morgan fingerprint density at radius 1 is 0.949 bits per heavy atom. The predicted molar refractivity (Wildman–Crippen MR) is 161 cm³/mol. The monoisotopic (exact) mass is 626 g/mol. The summed E-state index contributed by atoms with van der Waals surface area (Å²) >= 11 is 6.46. The van der Waals surface area contributed by atoms with E-state index in [4.69, 9.17) is 18.9 Å². The molecule has 2 unspecified atom stereocenters. The number of halogens is 1. The zero-order chi connectivity index (χ0) is 28.9. The number of nitrogens with zero attached hydrogens (tertiary/aromatic N) is 3. The van der Waals surface area contributed by atoms with Crippen LogP contribution >= 0.6 is 28.7 Å². The van der Waals surface area contributed by atoms with Gasteiger partial charge in [-0.2, -0.15) is 0 Å². The molecule has 0 aliphatic heterocycles. The third-order valence-corrected chi connectivity index (χ3v) is 5.25. The number of hydrogen-bond donors (Lipinski definition) is 1. The maximum atomic E-state index is 11.8. The Balaban J connectivity index is 0. The molecule has 0 spiro atoms. The van der Waals surface area contributed by atoms with E-state index in [1.54, 1.807) is 34.3 Å². The molecule has 0 aromatic carbocycles. The Morgan fingerprint density at radius 3 is 1.87 bits per heavy atom. The van der Waals surface area contributed by atoms with Crippen molar-refractivity contribution in [2.45, 2.75) is 48.0 Å². The number of thiol groups is 1. The van der Waals surface area contributed by atoms with Crippen LogP contribution in [0.1, 0.15) is 67.2 Å². The van der Waals surface area contributed by atoms with E-state index in [-0.39, 0.29) is 19.4 Å². The number of esters is 2. The number of pyridine rings is 2. The molecule has 2 aromatic heterocycles. The van der Waals surface area contributed by atoms with Crippen molar-refractivity contribution in [2.24, 2.45) is 16.1 Å². The molecule has 0 aliphatic rings. The molecular formula is C27H42BBrN3O6S. The van der Waals surface area contributed by atoms with E-state index in [2.05, 4.69) is 64.5 Å². The molecule has 0 aliphatic carbocycles. The van der Waals surface area contributed by atoms with Crippen molar-refractivity contribution in [1.29, 1.82) is 0 Å². The Labute approximate surface area is 248 Å². The molecular weight excluding hydrogens is 585 g/mol. The number of carbonyl (C=O) groups is 2. The van der Waals surface area contributed by atoms with Crippen molar-refractivity contribution in [1.82, 2.24) is 9.97 Å². The maximum absolute atomic E-state index is 11.8. The van der Waals surface area contributed by atoms with E-state index in [0.29, 0.717) is 54.3 Å². The normalized spacial score (nSPS) is 11.3. The van der Waals surface area contributed by atoms with Gasteiger partial charge in [0.05, 0.1) is 13.2 Å². The number of methoxy groups -OCH3 is 2. The fourth-order valence-electron chi connectivity index (χ4n) is 3.43. The quantitative estimate of drug-likeness (QED) is 0.137. The summed E-state index contributed by atoms with van der Waals surface area (Å²) in [5.74, 6) is -0.0605. The second-order valence-electron chi connectivity index (χ2n) is 8.24. The van der Waals surface area contributed by atoms with Crippen LogP contribution in [-0.4, -0.2) is 70.2 Å². The van der Waals surface area contributed by atoms with Gasteiger partial charge in [-0.05, 0) is 77.7 Å². The Kier molecular flexibility index (Phi) is 23.7. The number of aromatic nitrogens is 2. The topological polar surface area (TPSA) is 109 Å². The molecule has 2 aromatic rings. The minimum absolute atomic E-state index is 0. The average Bonchev–Trinajstić information content (AvgIpc) is 2.87. The first-order valence-electron chi connectivity index (χ1n) is 12.1. The Morgan fingerprint density at radius 2 is 1.41 bits per heavy atom.